The van der Waals surface area contributed by atoms with E-state index in [9.17, 15) is 14.9 Å². The van der Waals surface area contributed by atoms with Crippen LogP contribution in [0.15, 0.2) is 24.3 Å². The van der Waals surface area contributed by atoms with Gasteiger partial charge < -0.3 is 15.5 Å². The summed E-state index contributed by atoms with van der Waals surface area (Å²) in [5.74, 6) is -0.118. The van der Waals surface area contributed by atoms with E-state index in [1.54, 1.807) is 17.0 Å². The van der Waals surface area contributed by atoms with Gasteiger partial charge in [-0.3, -0.25) is 14.5 Å². The van der Waals surface area contributed by atoms with Crippen LogP contribution in [0.2, 0.25) is 0 Å². The quantitative estimate of drug-likeness (QED) is 0.750. The van der Waals surface area contributed by atoms with Crippen molar-refractivity contribution < 1.29 is 9.59 Å². The highest BCUT2D eigenvalue weighted by Crippen LogP contribution is 2.33. The Kier molecular flexibility index (Phi) is 5.23. The molecule has 3 saturated heterocycles. The topological polar surface area (TPSA) is 98.0 Å². The van der Waals surface area contributed by atoms with Gasteiger partial charge in [0.25, 0.3) is 0 Å². The zero-order chi connectivity index (χ0) is 20.5. The van der Waals surface area contributed by atoms with Crippen LogP contribution in [0.5, 0.6) is 0 Å². The lowest BCUT2D eigenvalue weighted by Crippen LogP contribution is -2.56. The molecular formula is C21H24N6O2. The Morgan fingerprint density at radius 3 is 2.79 bits per heavy atom. The first kappa shape index (κ1) is 19.4. The van der Waals surface area contributed by atoms with E-state index in [1.807, 2.05) is 21.9 Å². The van der Waals surface area contributed by atoms with Crippen molar-refractivity contribution in [2.75, 3.05) is 19.6 Å². The smallest absolute Gasteiger partial charge is 0.241 e. The zero-order valence-electron chi connectivity index (χ0n) is 16.2. The van der Waals surface area contributed by atoms with Crippen molar-refractivity contribution in [1.29, 1.82) is 5.26 Å². The number of piperazine rings is 1. The standard InChI is InChI=1S/C21H24N6O2/c1-24-15-6-4-14(5-7-15)11-27-17-9-19(21(27)29)25(12-17)13-18(23)20(28)26-8-2-3-16(26)10-22/h4-7,16-19H,2-3,8-9,11-13,23H2/t16-,17?,18-,19-/m0/s1. The van der Waals surface area contributed by atoms with Crippen LogP contribution in [0.1, 0.15) is 24.8 Å². The summed E-state index contributed by atoms with van der Waals surface area (Å²) in [6.07, 6.45) is 2.29. The Morgan fingerprint density at radius 1 is 1.38 bits per heavy atom. The van der Waals surface area contributed by atoms with Crippen LogP contribution in [0.25, 0.3) is 4.85 Å². The van der Waals surface area contributed by atoms with E-state index in [2.05, 4.69) is 10.9 Å². The molecule has 0 aliphatic carbocycles. The van der Waals surface area contributed by atoms with E-state index in [0.717, 1.165) is 18.4 Å². The van der Waals surface area contributed by atoms with Crippen molar-refractivity contribution >= 4 is 17.5 Å². The van der Waals surface area contributed by atoms with Crippen LogP contribution in [-0.2, 0) is 16.1 Å². The molecule has 3 heterocycles. The lowest BCUT2D eigenvalue weighted by molar-refractivity contribution is -0.139. The molecule has 2 N–H and O–H groups in total. The highest BCUT2D eigenvalue weighted by molar-refractivity contribution is 5.86. The van der Waals surface area contributed by atoms with Gasteiger partial charge in [-0.2, -0.15) is 5.26 Å². The molecule has 8 heteroatoms. The summed E-state index contributed by atoms with van der Waals surface area (Å²) in [5.41, 5.74) is 7.76. The summed E-state index contributed by atoms with van der Waals surface area (Å²) in [6, 6.07) is 8.28. The molecule has 3 aliphatic rings. The minimum Gasteiger partial charge on any atom is -0.333 e. The van der Waals surface area contributed by atoms with Crippen molar-refractivity contribution in [1.82, 2.24) is 14.7 Å². The van der Waals surface area contributed by atoms with Gasteiger partial charge in [-0.1, -0.05) is 24.3 Å². The van der Waals surface area contributed by atoms with Crippen LogP contribution in [0, 0.1) is 17.9 Å². The number of nitrogens with zero attached hydrogens (tertiary/aromatic N) is 5. The third-order valence-corrected chi connectivity index (χ3v) is 6.24. The average Bonchev–Trinajstić information content (AvgIpc) is 3.44. The largest absolute Gasteiger partial charge is 0.333 e. The second-order valence-electron chi connectivity index (χ2n) is 8.03. The highest BCUT2D eigenvalue weighted by Gasteiger charge is 2.50. The number of hydrogen-bond acceptors (Lipinski definition) is 5. The van der Waals surface area contributed by atoms with Crippen molar-refractivity contribution in [3.63, 3.8) is 0 Å². The van der Waals surface area contributed by atoms with E-state index < -0.39 is 6.04 Å². The van der Waals surface area contributed by atoms with E-state index >= 15 is 0 Å². The summed E-state index contributed by atoms with van der Waals surface area (Å²) in [6.45, 7) is 9.19. The maximum absolute atomic E-state index is 12.9. The predicted octanol–water partition coefficient (Wildman–Crippen LogP) is 0.864. The summed E-state index contributed by atoms with van der Waals surface area (Å²) < 4.78 is 0. The van der Waals surface area contributed by atoms with Gasteiger partial charge in [-0.15, -0.1) is 0 Å². The molecule has 3 aliphatic heterocycles. The maximum atomic E-state index is 12.9. The summed E-state index contributed by atoms with van der Waals surface area (Å²) >= 11 is 0. The Bertz CT molecular complexity index is 886. The van der Waals surface area contributed by atoms with Gasteiger partial charge in [0.1, 0.15) is 6.04 Å². The Balaban J connectivity index is 1.35. The molecule has 4 atom stereocenters. The number of fused-ring (bicyclic) bond motifs is 2. The molecule has 3 fully saturated rings. The fraction of sp³-hybridized carbons (Fsp3) is 0.524. The molecule has 2 amide bonds. The first-order chi connectivity index (χ1) is 14.0. The predicted molar refractivity (Wildman–Crippen MR) is 105 cm³/mol. The van der Waals surface area contributed by atoms with Gasteiger partial charge in [0.05, 0.1) is 24.7 Å². The molecule has 0 radical (unpaired) electrons. The summed E-state index contributed by atoms with van der Waals surface area (Å²) in [5, 5.41) is 9.19. The highest BCUT2D eigenvalue weighted by atomic mass is 16.2. The summed E-state index contributed by atoms with van der Waals surface area (Å²) in [4.78, 5) is 34.4. The zero-order valence-corrected chi connectivity index (χ0v) is 16.2. The normalized spacial score (nSPS) is 27.1. The second-order valence-corrected chi connectivity index (χ2v) is 8.03. The molecular weight excluding hydrogens is 368 g/mol. The molecule has 4 rings (SSSR count). The maximum Gasteiger partial charge on any atom is 0.241 e. The molecule has 150 valence electrons. The van der Waals surface area contributed by atoms with Gasteiger partial charge in [-0.25, -0.2) is 4.85 Å². The Morgan fingerprint density at radius 2 is 2.14 bits per heavy atom. The van der Waals surface area contributed by atoms with Crippen LogP contribution in [0.3, 0.4) is 0 Å². The number of benzene rings is 1. The van der Waals surface area contributed by atoms with Gasteiger partial charge in [0.2, 0.25) is 11.8 Å². The van der Waals surface area contributed by atoms with Crippen LogP contribution >= 0.6 is 0 Å². The molecule has 1 aromatic rings. The molecule has 0 saturated carbocycles. The number of carbonyl (C=O) groups is 2. The minimum atomic E-state index is -0.717. The van der Waals surface area contributed by atoms with Crippen molar-refractivity contribution in [3.05, 3.63) is 41.2 Å². The van der Waals surface area contributed by atoms with Crippen LogP contribution in [0.4, 0.5) is 5.69 Å². The molecule has 0 aromatic heterocycles. The summed E-state index contributed by atoms with van der Waals surface area (Å²) in [7, 11) is 0. The van der Waals surface area contributed by atoms with Crippen molar-refractivity contribution in [2.24, 2.45) is 5.73 Å². The minimum absolute atomic E-state index is 0.0752. The molecule has 8 nitrogen and oxygen atoms in total. The fourth-order valence-corrected chi connectivity index (χ4v) is 4.72. The van der Waals surface area contributed by atoms with Crippen LogP contribution < -0.4 is 5.73 Å². The van der Waals surface area contributed by atoms with Crippen molar-refractivity contribution in [2.45, 2.75) is 50.0 Å². The van der Waals surface area contributed by atoms with Gasteiger partial charge in [-0.05, 0) is 24.8 Å². The molecule has 0 spiro atoms. The SMILES string of the molecule is [C-]#[N+]c1ccc(CN2C(=O)[C@@H]3CC2CN3C[C@H](N)C(=O)N2CCC[C@H]2C#N)cc1. The van der Waals surface area contributed by atoms with Crippen molar-refractivity contribution in [3.8, 4) is 6.07 Å². The monoisotopic (exact) mass is 392 g/mol. The number of hydrogen-bond donors (Lipinski definition) is 1. The van der Waals surface area contributed by atoms with E-state index in [1.165, 1.54) is 0 Å². The average molecular weight is 392 g/mol. The number of amides is 2. The third-order valence-electron chi connectivity index (χ3n) is 6.24. The first-order valence-electron chi connectivity index (χ1n) is 9.98. The lowest BCUT2D eigenvalue weighted by atomic mass is 10.1. The number of carbonyl (C=O) groups excluding carboxylic acids is 2. The lowest BCUT2D eigenvalue weighted by Gasteiger charge is -2.35. The molecule has 1 aromatic carbocycles. The number of likely N-dealkylation sites (tertiary alicyclic amines) is 3. The number of nitriles is 1. The van der Waals surface area contributed by atoms with Crippen LogP contribution in [-0.4, -0.2) is 70.3 Å². The number of nitrogens with two attached hydrogens (primary N) is 1. The van der Waals surface area contributed by atoms with Gasteiger partial charge in [0, 0.05) is 32.2 Å². The molecule has 2 bridgehead atoms. The Labute approximate surface area is 170 Å². The number of rotatable bonds is 5. The van der Waals surface area contributed by atoms with Gasteiger partial charge in [0.15, 0.2) is 5.69 Å². The first-order valence-corrected chi connectivity index (χ1v) is 9.98. The Hall–Kier alpha value is -2.94. The van der Waals surface area contributed by atoms with E-state index in [-0.39, 0.29) is 29.9 Å². The fourth-order valence-electron chi connectivity index (χ4n) is 4.72. The molecule has 29 heavy (non-hydrogen) atoms. The van der Waals surface area contributed by atoms with Gasteiger partial charge >= 0.3 is 0 Å². The van der Waals surface area contributed by atoms with E-state index in [0.29, 0.717) is 38.3 Å². The molecule has 1 unspecified atom stereocenters. The second kappa shape index (κ2) is 7.82. The van der Waals surface area contributed by atoms with E-state index in [4.69, 9.17) is 12.3 Å². The third kappa shape index (κ3) is 3.57.